The summed E-state index contributed by atoms with van der Waals surface area (Å²) in [5, 5.41) is 4.54. The van der Waals surface area contributed by atoms with Crippen LogP contribution < -0.4 is 5.32 Å². The molecule has 4 nitrogen and oxygen atoms in total. The van der Waals surface area contributed by atoms with Gasteiger partial charge in [0.2, 0.25) is 5.91 Å². The average molecular weight is 337 g/mol. The van der Waals surface area contributed by atoms with E-state index in [1.807, 2.05) is 0 Å². The predicted octanol–water partition coefficient (Wildman–Crippen LogP) is 3.34. The van der Waals surface area contributed by atoms with E-state index in [4.69, 9.17) is 0 Å². The van der Waals surface area contributed by atoms with Gasteiger partial charge in [-0.25, -0.2) is 0 Å². The molecule has 2 heterocycles. The van der Waals surface area contributed by atoms with E-state index in [0.717, 1.165) is 19.4 Å². The largest absolute Gasteiger partial charge is 0.361 e. The number of hydrogen-bond acceptors (Lipinski definition) is 2. The highest BCUT2D eigenvalue weighted by Crippen LogP contribution is 2.40. The molecular weight excluding hydrogens is 310 g/mol. The number of likely N-dealkylation sites (N-methyl/N-ethyl adjacent to an activating group) is 1. The molecule has 2 aromatic rings. The number of carbonyl (C=O) groups is 1. The van der Waals surface area contributed by atoms with E-state index in [1.165, 1.54) is 27.6 Å². The molecule has 0 saturated heterocycles. The Morgan fingerprint density at radius 1 is 1.40 bits per heavy atom. The summed E-state index contributed by atoms with van der Waals surface area (Å²) in [5.74, 6) is 0.0366. The van der Waals surface area contributed by atoms with Gasteiger partial charge in [0, 0.05) is 35.2 Å². The van der Waals surface area contributed by atoms with E-state index in [2.05, 4.69) is 73.5 Å². The van der Waals surface area contributed by atoms with Crippen LogP contribution in [0.2, 0.25) is 0 Å². The third kappa shape index (κ3) is 2.69. The van der Waals surface area contributed by atoms with Crippen molar-refractivity contribution in [3.8, 4) is 0 Å². The van der Waals surface area contributed by atoms with Crippen LogP contribution in [0.1, 0.15) is 38.3 Å². The molecule has 1 aromatic heterocycles. The van der Waals surface area contributed by atoms with Gasteiger partial charge < -0.3 is 10.3 Å². The minimum absolute atomic E-state index is 0.0992. The van der Waals surface area contributed by atoms with Crippen LogP contribution in [0.3, 0.4) is 0 Å². The predicted molar refractivity (Wildman–Crippen MR) is 102 cm³/mol. The summed E-state index contributed by atoms with van der Waals surface area (Å²) in [4.78, 5) is 18.6. The molecule has 4 heteroatoms. The van der Waals surface area contributed by atoms with Crippen LogP contribution in [0.25, 0.3) is 16.5 Å². The van der Waals surface area contributed by atoms with Gasteiger partial charge in [0.25, 0.3) is 0 Å². The van der Waals surface area contributed by atoms with E-state index in [0.29, 0.717) is 6.04 Å². The molecule has 0 saturated carbocycles. The molecule has 0 radical (unpaired) electrons. The summed E-state index contributed by atoms with van der Waals surface area (Å²) in [5.41, 5.74) is 5.00. The number of hydrogen-bond donors (Lipinski definition) is 2. The maximum absolute atomic E-state index is 12.8. The molecule has 4 rings (SSSR count). The summed E-state index contributed by atoms with van der Waals surface area (Å²) in [6.07, 6.45) is 6.29. The molecular formula is C21H27N3O. The quantitative estimate of drug-likeness (QED) is 0.902. The zero-order valence-electron chi connectivity index (χ0n) is 15.5. The first-order chi connectivity index (χ1) is 11.9. The van der Waals surface area contributed by atoms with Crippen LogP contribution in [0, 0.1) is 5.92 Å². The lowest BCUT2D eigenvalue weighted by Crippen LogP contribution is -2.50. The van der Waals surface area contributed by atoms with Crippen LogP contribution >= 0.6 is 0 Å². The molecule has 2 aliphatic rings. The highest BCUT2D eigenvalue weighted by molar-refractivity contribution is 5.99. The first kappa shape index (κ1) is 16.4. The van der Waals surface area contributed by atoms with Crippen molar-refractivity contribution in [2.45, 2.75) is 45.2 Å². The van der Waals surface area contributed by atoms with Gasteiger partial charge in [-0.05, 0) is 56.5 Å². The Kier molecular flexibility index (Phi) is 3.76. The standard InChI is InChI=1S/C21H27N3O/c1-5-21(2,3)23-20(25)14-9-16-15-7-6-8-17-19(15)13(11-22-17)10-18(16)24(4)12-14/h6-9,11,14,18,22H,5,10,12H2,1-4H3,(H,23,25). The molecule has 25 heavy (non-hydrogen) atoms. The summed E-state index contributed by atoms with van der Waals surface area (Å²) in [6, 6.07) is 6.79. The number of aromatic nitrogens is 1. The van der Waals surface area contributed by atoms with Crippen LogP contribution in [0.15, 0.2) is 30.5 Å². The second-order valence-corrected chi connectivity index (χ2v) is 8.16. The highest BCUT2D eigenvalue weighted by Gasteiger charge is 2.36. The second kappa shape index (κ2) is 5.73. The number of rotatable bonds is 3. The minimum Gasteiger partial charge on any atom is -0.361 e. The molecule has 2 N–H and O–H groups in total. The minimum atomic E-state index is -0.161. The zero-order valence-corrected chi connectivity index (χ0v) is 15.5. The topological polar surface area (TPSA) is 48.1 Å². The van der Waals surface area contributed by atoms with Crippen molar-refractivity contribution < 1.29 is 4.79 Å². The fourth-order valence-electron chi connectivity index (χ4n) is 4.13. The van der Waals surface area contributed by atoms with Crippen LogP contribution in [0.5, 0.6) is 0 Å². The number of fused-ring (bicyclic) bond motifs is 2. The summed E-state index contributed by atoms with van der Waals surface area (Å²) in [6.45, 7) is 7.05. The molecule has 0 bridgehead atoms. The number of carbonyl (C=O) groups excluding carboxylic acids is 1. The summed E-state index contributed by atoms with van der Waals surface area (Å²) < 4.78 is 0. The van der Waals surface area contributed by atoms with Crippen molar-refractivity contribution in [3.05, 3.63) is 41.6 Å². The number of benzene rings is 1. The Labute approximate surface area is 149 Å². The van der Waals surface area contributed by atoms with Gasteiger partial charge in [-0.2, -0.15) is 0 Å². The number of nitrogens with zero attached hydrogens (tertiary/aromatic N) is 1. The fraction of sp³-hybridized carbons (Fsp3) is 0.476. The first-order valence-electron chi connectivity index (χ1n) is 9.23. The lowest BCUT2D eigenvalue weighted by Gasteiger charge is -2.40. The molecule has 2 unspecified atom stereocenters. The molecule has 1 aromatic carbocycles. The third-order valence-corrected chi connectivity index (χ3v) is 5.95. The lowest BCUT2D eigenvalue weighted by molar-refractivity contribution is -0.126. The Balaban J connectivity index is 1.74. The van der Waals surface area contributed by atoms with Crippen molar-refractivity contribution in [3.63, 3.8) is 0 Å². The lowest BCUT2D eigenvalue weighted by atomic mass is 9.79. The summed E-state index contributed by atoms with van der Waals surface area (Å²) in [7, 11) is 2.14. The van der Waals surface area contributed by atoms with Crippen molar-refractivity contribution >= 4 is 22.4 Å². The fourth-order valence-corrected chi connectivity index (χ4v) is 4.13. The van der Waals surface area contributed by atoms with Gasteiger partial charge in [-0.3, -0.25) is 9.69 Å². The smallest absolute Gasteiger partial charge is 0.228 e. The maximum Gasteiger partial charge on any atom is 0.228 e. The van der Waals surface area contributed by atoms with Crippen LogP contribution in [-0.2, 0) is 11.2 Å². The Bertz CT molecular complexity index is 861. The first-order valence-corrected chi connectivity index (χ1v) is 9.23. The van der Waals surface area contributed by atoms with E-state index in [9.17, 15) is 4.79 Å². The number of aromatic amines is 1. The van der Waals surface area contributed by atoms with E-state index in [-0.39, 0.29) is 17.4 Å². The van der Waals surface area contributed by atoms with Gasteiger partial charge >= 0.3 is 0 Å². The monoisotopic (exact) mass is 337 g/mol. The SMILES string of the molecule is CCC(C)(C)NC(=O)C1C=C2c3cccc4[nH]cc(c34)CC2N(C)C1. The van der Waals surface area contributed by atoms with Crippen molar-refractivity contribution in [2.24, 2.45) is 5.92 Å². The second-order valence-electron chi connectivity index (χ2n) is 8.16. The Morgan fingerprint density at radius 3 is 2.96 bits per heavy atom. The normalized spacial score (nSPS) is 23.3. The van der Waals surface area contributed by atoms with Gasteiger partial charge in [0.15, 0.2) is 0 Å². The van der Waals surface area contributed by atoms with Gasteiger partial charge in [0.1, 0.15) is 0 Å². The van der Waals surface area contributed by atoms with E-state index in [1.54, 1.807) is 0 Å². The van der Waals surface area contributed by atoms with Crippen molar-refractivity contribution in [1.82, 2.24) is 15.2 Å². The number of amides is 1. The van der Waals surface area contributed by atoms with Gasteiger partial charge in [-0.15, -0.1) is 0 Å². The maximum atomic E-state index is 12.8. The molecule has 2 atom stereocenters. The highest BCUT2D eigenvalue weighted by atomic mass is 16.2. The third-order valence-electron chi connectivity index (χ3n) is 5.95. The summed E-state index contributed by atoms with van der Waals surface area (Å²) >= 11 is 0. The molecule has 132 valence electrons. The molecule has 1 aliphatic carbocycles. The van der Waals surface area contributed by atoms with E-state index < -0.39 is 0 Å². The number of H-pyrrole nitrogens is 1. The van der Waals surface area contributed by atoms with Crippen LogP contribution in [-0.4, -0.2) is 41.0 Å². The van der Waals surface area contributed by atoms with Gasteiger partial charge in [0.05, 0.1) is 5.92 Å². The molecule has 1 amide bonds. The Morgan fingerprint density at radius 2 is 2.20 bits per heavy atom. The molecule has 0 fully saturated rings. The van der Waals surface area contributed by atoms with Crippen molar-refractivity contribution in [2.75, 3.05) is 13.6 Å². The zero-order chi connectivity index (χ0) is 17.8. The van der Waals surface area contributed by atoms with Crippen molar-refractivity contribution in [1.29, 1.82) is 0 Å². The molecule has 0 spiro atoms. The molecule has 1 aliphatic heterocycles. The van der Waals surface area contributed by atoms with Crippen LogP contribution in [0.4, 0.5) is 0 Å². The average Bonchev–Trinajstić information content (AvgIpc) is 3.00. The number of nitrogens with one attached hydrogen (secondary N) is 2. The van der Waals surface area contributed by atoms with E-state index >= 15 is 0 Å². The Hall–Kier alpha value is -2.07. The van der Waals surface area contributed by atoms with Gasteiger partial charge in [-0.1, -0.05) is 25.1 Å².